The van der Waals surface area contributed by atoms with Crippen LogP contribution in [0.1, 0.15) is 12.8 Å². The molecule has 13 heavy (non-hydrogen) atoms. The van der Waals surface area contributed by atoms with E-state index in [-0.39, 0.29) is 6.03 Å². The maximum atomic E-state index is 11.3. The van der Waals surface area contributed by atoms with E-state index in [9.17, 15) is 4.79 Å². The van der Waals surface area contributed by atoms with E-state index in [1.807, 2.05) is 4.31 Å². The lowest BCUT2D eigenvalue weighted by Gasteiger charge is -2.29. The number of carbonyl (C=O) groups excluding carboxylic acids is 1. The SMILES string of the molecule is CN(C)C(=O)NC1CCN(S)CC1. The molecule has 0 aromatic heterocycles. The fourth-order valence-corrected chi connectivity index (χ4v) is 1.54. The Morgan fingerprint density at radius 3 is 2.46 bits per heavy atom. The summed E-state index contributed by atoms with van der Waals surface area (Å²) in [5.74, 6) is 0. The van der Waals surface area contributed by atoms with Gasteiger partial charge in [0.1, 0.15) is 0 Å². The quantitative estimate of drug-likeness (QED) is 0.611. The molecule has 76 valence electrons. The number of nitrogens with one attached hydrogen (secondary N) is 1. The zero-order valence-electron chi connectivity index (χ0n) is 8.16. The van der Waals surface area contributed by atoms with Gasteiger partial charge in [0, 0.05) is 33.2 Å². The van der Waals surface area contributed by atoms with Crippen molar-refractivity contribution in [3.63, 3.8) is 0 Å². The molecular weight excluding hydrogens is 186 g/mol. The van der Waals surface area contributed by atoms with E-state index in [0.717, 1.165) is 25.9 Å². The Balaban J connectivity index is 2.26. The summed E-state index contributed by atoms with van der Waals surface area (Å²) >= 11 is 4.24. The Hall–Kier alpha value is -0.420. The molecule has 0 radical (unpaired) electrons. The third-order valence-corrected chi connectivity index (χ3v) is 2.61. The number of piperidine rings is 1. The van der Waals surface area contributed by atoms with Crippen molar-refractivity contribution in [1.82, 2.24) is 14.5 Å². The van der Waals surface area contributed by atoms with Gasteiger partial charge in [0.15, 0.2) is 0 Å². The lowest BCUT2D eigenvalue weighted by molar-refractivity contribution is 0.206. The van der Waals surface area contributed by atoms with Crippen LogP contribution in [0.5, 0.6) is 0 Å². The molecule has 1 fully saturated rings. The van der Waals surface area contributed by atoms with Crippen LogP contribution < -0.4 is 5.32 Å². The second kappa shape index (κ2) is 4.72. The van der Waals surface area contributed by atoms with Gasteiger partial charge in [0.25, 0.3) is 0 Å². The molecule has 0 aromatic rings. The summed E-state index contributed by atoms with van der Waals surface area (Å²) in [5, 5.41) is 2.97. The molecule has 0 saturated carbocycles. The lowest BCUT2D eigenvalue weighted by atomic mass is 10.1. The minimum Gasteiger partial charge on any atom is -0.335 e. The number of amides is 2. The van der Waals surface area contributed by atoms with E-state index in [2.05, 4.69) is 18.1 Å². The third kappa shape index (κ3) is 3.44. The van der Waals surface area contributed by atoms with Gasteiger partial charge in [-0.3, -0.25) is 4.31 Å². The molecule has 1 N–H and O–H groups in total. The Bertz CT molecular complexity index is 178. The lowest BCUT2D eigenvalue weighted by Crippen LogP contribution is -2.45. The van der Waals surface area contributed by atoms with Gasteiger partial charge in [-0.25, -0.2) is 4.79 Å². The summed E-state index contributed by atoms with van der Waals surface area (Å²) in [5.41, 5.74) is 0. The van der Waals surface area contributed by atoms with Crippen LogP contribution in [0.3, 0.4) is 0 Å². The van der Waals surface area contributed by atoms with Gasteiger partial charge in [-0.05, 0) is 12.8 Å². The molecule has 4 nitrogen and oxygen atoms in total. The van der Waals surface area contributed by atoms with Crippen molar-refractivity contribution in [2.45, 2.75) is 18.9 Å². The molecule has 0 aromatic carbocycles. The maximum absolute atomic E-state index is 11.3. The Morgan fingerprint density at radius 1 is 1.46 bits per heavy atom. The second-order valence-electron chi connectivity index (χ2n) is 3.57. The van der Waals surface area contributed by atoms with Gasteiger partial charge in [0.05, 0.1) is 0 Å². The molecule has 0 spiro atoms. The zero-order chi connectivity index (χ0) is 9.84. The van der Waals surface area contributed by atoms with Crippen LogP contribution >= 0.6 is 12.8 Å². The number of nitrogens with zero attached hydrogens (tertiary/aromatic N) is 2. The van der Waals surface area contributed by atoms with Crippen LogP contribution in [0.15, 0.2) is 0 Å². The Kier molecular flexibility index (Phi) is 3.87. The Morgan fingerprint density at radius 2 is 2.00 bits per heavy atom. The van der Waals surface area contributed by atoms with Crippen LogP contribution in [-0.4, -0.2) is 48.5 Å². The van der Waals surface area contributed by atoms with E-state index in [1.54, 1.807) is 19.0 Å². The number of carbonyl (C=O) groups is 1. The van der Waals surface area contributed by atoms with Crippen molar-refractivity contribution in [2.75, 3.05) is 27.2 Å². The highest BCUT2D eigenvalue weighted by molar-refractivity contribution is 7.77. The van der Waals surface area contributed by atoms with Crippen molar-refractivity contribution in [2.24, 2.45) is 0 Å². The molecule has 1 aliphatic heterocycles. The van der Waals surface area contributed by atoms with E-state index in [0.29, 0.717) is 6.04 Å². The first-order chi connectivity index (χ1) is 6.09. The highest BCUT2D eigenvalue weighted by Gasteiger charge is 2.19. The number of rotatable bonds is 1. The number of hydrogen-bond acceptors (Lipinski definition) is 3. The first-order valence-electron chi connectivity index (χ1n) is 4.51. The fourth-order valence-electron chi connectivity index (χ4n) is 1.31. The molecule has 0 bridgehead atoms. The van der Waals surface area contributed by atoms with Gasteiger partial charge < -0.3 is 10.2 Å². The number of hydrogen-bond donors (Lipinski definition) is 2. The molecule has 0 atom stereocenters. The molecule has 0 unspecified atom stereocenters. The predicted octanol–water partition coefficient (Wildman–Crippen LogP) is 0.567. The van der Waals surface area contributed by atoms with Gasteiger partial charge >= 0.3 is 6.03 Å². The van der Waals surface area contributed by atoms with Crippen LogP contribution in [0, 0.1) is 0 Å². The summed E-state index contributed by atoms with van der Waals surface area (Å²) in [6, 6.07) is 0.316. The summed E-state index contributed by atoms with van der Waals surface area (Å²) in [7, 11) is 3.51. The van der Waals surface area contributed by atoms with Crippen molar-refractivity contribution in [3.05, 3.63) is 0 Å². The van der Waals surface area contributed by atoms with Crippen molar-refractivity contribution >= 4 is 18.8 Å². The second-order valence-corrected chi connectivity index (χ2v) is 4.14. The van der Waals surface area contributed by atoms with E-state index in [1.165, 1.54) is 0 Å². The minimum absolute atomic E-state index is 0.00221. The van der Waals surface area contributed by atoms with E-state index >= 15 is 0 Å². The van der Waals surface area contributed by atoms with Crippen LogP contribution in [0.2, 0.25) is 0 Å². The third-order valence-electron chi connectivity index (χ3n) is 2.21. The largest absolute Gasteiger partial charge is 0.335 e. The predicted molar refractivity (Wildman–Crippen MR) is 55.8 cm³/mol. The zero-order valence-corrected chi connectivity index (χ0v) is 9.05. The topological polar surface area (TPSA) is 35.6 Å². The van der Waals surface area contributed by atoms with E-state index in [4.69, 9.17) is 0 Å². The molecule has 1 heterocycles. The average Bonchev–Trinajstić information content (AvgIpc) is 2.08. The molecule has 1 rings (SSSR count). The van der Waals surface area contributed by atoms with Gasteiger partial charge in [-0.1, -0.05) is 12.8 Å². The molecule has 0 aliphatic carbocycles. The first-order valence-corrected chi connectivity index (χ1v) is 4.91. The molecule has 2 amide bonds. The highest BCUT2D eigenvalue weighted by Crippen LogP contribution is 2.11. The Labute approximate surface area is 84.8 Å². The molecule has 5 heteroatoms. The monoisotopic (exact) mass is 203 g/mol. The summed E-state index contributed by atoms with van der Waals surface area (Å²) in [6.45, 7) is 1.89. The first kappa shape index (κ1) is 10.7. The molecule has 1 saturated heterocycles. The number of urea groups is 1. The minimum atomic E-state index is -0.00221. The average molecular weight is 203 g/mol. The van der Waals surface area contributed by atoms with Crippen LogP contribution in [0.25, 0.3) is 0 Å². The van der Waals surface area contributed by atoms with Gasteiger partial charge in [-0.2, -0.15) is 0 Å². The van der Waals surface area contributed by atoms with Crippen molar-refractivity contribution in [1.29, 1.82) is 0 Å². The van der Waals surface area contributed by atoms with E-state index < -0.39 is 0 Å². The molecule has 1 aliphatic rings. The summed E-state index contributed by atoms with van der Waals surface area (Å²) in [4.78, 5) is 12.8. The highest BCUT2D eigenvalue weighted by atomic mass is 32.1. The fraction of sp³-hybridized carbons (Fsp3) is 0.875. The normalized spacial score (nSPS) is 19.9. The summed E-state index contributed by atoms with van der Waals surface area (Å²) in [6.07, 6.45) is 1.98. The van der Waals surface area contributed by atoms with Crippen LogP contribution in [-0.2, 0) is 0 Å². The van der Waals surface area contributed by atoms with Crippen molar-refractivity contribution in [3.8, 4) is 0 Å². The summed E-state index contributed by atoms with van der Waals surface area (Å²) < 4.78 is 1.98. The van der Waals surface area contributed by atoms with Crippen LogP contribution in [0.4, 0.5) is 4.79 Å². The number of thiol groups is 1. The smallest absolute Gasteiger partial charge is 0.317 e. The van der Waals surface area contributed by atoms with Gasteiger partial charge in [0.2, 0.25) is 0 Å². The van der Waals surface area contributed by atoms with Crippen molar-refractivity contribution < 1.29 is 4.79 Å². The molecular formula is C8H17N3OS. The standard InChI is InChI=1S/C8H17N3OS/c1-10(2)8(12)9-7-3-5-11(13)6-4-7/h7,13H,3-6H2,1-2H3,(H,9,12). The van der Waals surface area contributed by atoms with Gasteiger partial charge in [-0.15, -0.1) is 0 Å². The maximum Gasteiger partial charge on any atom is 0.317 e.